The second kappa shape index (κ2) is 11.1. The fourth-order valence-electron chi connectivity index (χ4n) is 3.69. The molecule has 0 saturated heterocycles. The lowest BCUT2D eigenvalue weighted by Crippen LogP contribution is -2.49. The van der Waals surface area contributed by atoms with E-state index >= 15 is 0 Å². The quantitative estimate of drug-likeness (QED) is 0.438. The highest BCUT2D eigenvalue weighted by atomic mass is 32.2. The van der Waals surface area contributed by atoms with E-state index in [1.54, 1.807) is 11.8 Å². The summed E-state index contributed by atoms with van der Waals surface area (Å²) in [5.74, 6) is -2.33. The van der Waals surface area contributed by atoms with Crippen LogP contribution in [0.15, 0.2) is 34.7 Å². The molecule has 0 spiro atoms. The molecule has 1 aliphatic carbocycles. The Labute approximate surface area is 198 Å². The zero-order chi connectivity index (χ0) is 24.0. The summed E-state index contributed by atoms with van der Waals surface area (Å²) in [6.07, 6.45) is 6.09. The van der Waals surface area contributed by atoms with Crippen LogP contribution in [0.2, 0.25) is 0 Å². The third kappa shape index (κ3) is 7.84. The van der Waals surface area contributed by atoms with Crippen LogP contribution in [0.1, 0.15) is 63.2 Å². The molecular formula is C24H32F2N4O2S. The van der Waals surface area contributed by atoms with Crippen molar-refractivity contribution in [2.45, 2.75) is 70.2 Å². The first kappa shape index (κ1) is 25.2. The van der Waals surface area contributed by atoms with Gasteiger partial charge in [-0.05, 0) is 61.1 Å². The van der Waals surface area contributed by atoms with E-state index in [0.717, 1.165) is 44.2 Å². The van der Waals surface area contributed by atoms with Gasteiger partial charge in [0.2, 0.25) is 5.91 Å². The van der Waals surface area contributed by atoms with Crippen molar-refractivity contribution in [1.29, 1.82) is 0 Å². The molecule has 6 nitrogen and oxygen atoms in total. The van der Waals surface area contributed by atoms with Crippen LogP contribution in [-0.2, 0) is 4.79 Å². The van der Waals surface area contributed by atoms with Gasteiger partial charge < -0.3 is 16.0 Å². The van der Waals surface area contributed by atoms with Gasteiger partial charge in [-0.3, -0.25) is 9.59 Å². The van der Waals surface area contributed by atoms with Crippen LogP contribution < -0.4 is 16.0 Å². The molecular weight excluding hydrogens is 446 g/mol. The zero-order valence-electron chi connectivity index (χ0n) is 19.3. The van der Waals surface area contributed by atoms with Gasteiger partial charge in [0.15, 0.2) is 17.6 Å². The molecule has 2 aliphatic rings. The highest BCUT2D eigenvalue weighted by Crippen LogP contribution is 2.25. The molecule has 1 heterocycles. The topological polar surface area (TPSA) is 82.6 Å². The van der Waals surface area contributed by atoms with Crippen molar-refractivity contribution in [2.75, 3.05) is 6.54 Å². The van der Waals surface area contributed by atoms with E-state index in [1.165, 1.54) is 6.07 Å². The van der Waals surface area contributed by atoms with Gasteiger partial charge in [0.25, 0.3) is 5.91 Å². The molecule has 1 unspecified atom stereocenters. The predicted octanol–water partition coefficient (Wildman–Crippen LogP) is 4.13. The first-order valence-electron chi connectivity index (χ1n) is 11.3. The fraction of sp³-hybridized carbons (Fsp3) is 0.542. The second-order valence-corrected chi connectivity index (χ2v) is 10.9. The molecule has 3 N–H and O–H groups in total. The maximum Gasteiger partial charge on any atom is 0.280 e. The van der Waals surface area contributed by atoms with Crippen LogP contribution in [0.4, 0.5) is 8.78 Å². The number of aliphatic imine (C=N–C) groups is 1. The van der Waals surface area contributed by atoms with E-state index < -0.39 is 17.5 Å². The molecule has 1 aromatic rings. The van der Waals surface area contributed by atoms with Gasteiger partial charge in [0.1, 0.15) is 0 Å². The van der Waals surface area contributed by atoms with Gasteiger partial charge in [-0.1, -0.05) is 26.8 Å². The predicted molar refractivity (Wildman–Crippen MR) is 128 cm³/mol. The molecule has 1 aromatic carbocycles. The number of thioether (sulfide) groups is 1. The Morgan fingerprint density at radius 3 is 2.30 bits per heavy atom. The number of halogens is 2. The summed E-state index contributed by atoms with van der Waals surface area (Å²) in [5, 5.41) is 11.6. The Kier molecular flexibility index (Phi) is 8.51. The minimum Gasteiger partial charge on any atom is -0.355 e. The monoisotopic (exact) mass is 478 g/mol. The number of guanidine groups is 1. The van der Waals surface area contributed by atoms with E-state index in [9.17, 15) is 18.4 Å². The van der Waals surface area contributed by atoms with Crippen LogP contribution in [0.5, 0.6) is 0 Å². The van der Waals surface area contributed by atoms with Crippen LogP contribution >= 0.6 is 11.8 Å². The number of nitrogens with zero attached hydrogens (tertiary/aromatic N) is 1. The number of amides is 2. The van der Waals surface area contributed by atoms with Gasteiger partial charge >= 0.3 is 0 Å². The van der Waals surface area contributed by atoms with Crippen molar-refractivity contribution in [3.63, 3.8) is 0 Å². The summed E-state index contributed by atoms with van der Waals surface area (Å²) in [5.41, 5.74) is -0.0702. The van der Waals surface area contributed by atoms with Crippen molar-refractivity contribution < 1.29 is 18.4 Å². The van der Waals surface area contributed by atoms with Crippen LogP contribution in [-0.4, -0.2) is 41.7 Å². The number of carbonyl (C=O) groups excluding carboxylic acids is 2. The molecule has 180 valence electrons. The Bertz CT molecular complexity index is 914. The van der Waals surface area contributed by atoms with Gasteiger partial charge in [0.05, 0.1) is 5.25 Å². The molecule has 33 heavy (non-hydrogen) atoms. The molecule has 1 saturated carbocycles. The summed E-state index contributed by atoms with van der Waals surface area (Å²) in [6.45, 7) is 6.74. The first-order chi connectivity index (χ1) is 15.6. The van der Waals surface area contributed by atoms with Crippen molar-refractivity contribution in [1.82, 2.24) is 16.0 Å². The number of benzene rings is 1. The number of hydrogen-bond donors (Lipinski definition) is 3. The molecule has 1 atom stereocenters. The van der Waals surface area contributed by atoms with E-state index in [0.29, 0.717) is 12.5 Å². The highest BCUT2D eigenvalue weighted by molar-refractivity contribution is 8.03. The molecule has 9 heteroatoms. The standard InChI is InChI=1S/C24H32F2N4O2S/c1-24(2,3)14-27-23(30-21(31)15-6-11-18(25)19(26)13-15)29-17-9-7-16(8-10-17)28-22(32)20-5-4-12-33-20/h4,6,11-13,16-17,20H,5,7-10,14H2,1-3H3,(H,28,32)(H2,27,29,30,31)/t16-,17-,20?. The third-order valence-corrected chi connectivity index (χ3v) is 6.65. The smallest absolute Gasteiger partial charge is 0.280 e. The number of allylic oxidation sites excluding steroid dienone is 1. The first-order valence-corrected chi connectivity index (χ1v) is 12.2. The summed E-state index contributed by atoms with van der Waals surface area (Å²) < 4.78 is 26.7. The maximum absolute atomic E-state index is 13.5. The van der Waals surface area contributed by atoms with Crippen LogP contribution in [0.3, 0.4) is 0 Å². The Morgan fingerprint density at radius 2 is 1.73 bits per heavy atom. The van der Waals surface area contributed by atoms with Crippen molar-refractivity contribution in [3.05, 3.63) is 46.9 Å². The van der Waals surface area contributed by atoms with E-state index in [-0.39, 0.29) is 34.2 Å². The van der Waals surface area contributed by atoms with Gasteiger partial charge in [0, 0.05) is 24.2 Å². The minimum atomic E-state index is -1.08. The molecule has 1 aliphatic heterocycles. The lowest BCUT2D eigenvalue weighted by Gasteiger charge is -2.31. The normalized spacial score (nSPS) is 23.3. The molecule has 0 radical (unpaired) electrons. The molecule has 1 fully saturated rings. The minimum absolute atomic E-state index is 0.0172. The lowest BCUT2D eigenvalue weighted by molar-refractivity contribution is -0.121. The number of carbonyl (C=O) groups is 2. The number of nitrogens with one attached hydrogen (secondary N) is 3. The molecule has 0 bridgehead atoms. The van der Waals surface area contributed by atoms with Crippen LogP contribution in [0, 0.1) is 17.0 Å². The lowest BCUT2D eigenvalue weighted by atomic mass is 9.91. The van der Waals surface area contributed by atoms with Crippen molar-refractivity contribution >= 4 is 29.5 Å². The molecule has 3 rings (SSSR count). The molecule has 0 aromatic heterocycles. The average Bonchev–Trinajstić information content (AvgIpc) is 3.30. The Morgan fingerprint density at radius 1 is 1.06 bits per heavy atom. The van der Waals surface area contributed by atoms with Gasteiger partial charge in [-0.25, -0.2) is 8.78 Å². The van der Waals surface area contributed by atoms with Gasteiger partial charge in [-0.2, -0.15) is 4.99 Å². The molecule has 2 amide bonds. The van der Waals surface area contributed by atoms with E-state index in [4.69, 9.17) is 0 Å². The summed E-state index contributed by atoms with van der Waals surface area (Å²) in [6, 6.07) is 3.23. The third-order valence-electron chi connectivity index (χ3n) is 5.56. The largest absolute Gasteiger partial charge is 0.355 e. The highest BCUT2D eigenvalue weighted by Gasteiger charge is 2.27. The number of rotatable bonds is 5. The van der Waals surface area contributed by atoms with Crippen molar-refractivity contribution in [2.24, 2.45) is 10.4 Å². The van der Waals surface area contributed by atoms with E-state index in [1.807, 2.05) is 11.5 Å². The summed E-state index contributed by atoms with van der Waals surface area (Å²) >= 11 is 1.56. The SMILES string of the molecule is CC(C)(C)CN/C(=N/C(=O)c1ccc(F)c(F)c1)N[C@H]1CC[C@H](NC(=O)C2CC=CS2)CC1. The Hall–Kier alpha value is -2.42. The summed E-state index contributed by atoms with van der Waals surface area (Å²) in [7, 11) is 0. The van der Waals surface area contributed by atoms with Gasteiger partial charge in [-0.15, -0.1) is 11.8 Å². The van der Waals surface area contributed by atoms with Crippen molar-refractivity contribution in [3.8, 4) is 0 Å². The maximum atomic E-state index is 13.5. The van der Waals surface area contributed by atoms with Crippen LogP contribution in [0.25, 0.3) is 0 Å². The van der Waals surface area contributed by atoms with E-state index in [2.05, 4.69) is 41.7 Å². The second-order valence-electron chi connectivity index (χ2n) is 9.74. The number of hydrogen-bond acceptors (Lipinski definition) is 3. The Balaban J connectivity index is 1.59. The zero-order valence-corrected chi connectivity index (χ0v) is 20.1. The summed E-state index contributed by atoms with van der Waals surface area (Å²) in [4.78, 5) is 29.0. The average molecular weight is 479 g/mol. The fourth-order valence-corrected chi connectivity index (χ4v) is 4.52.